The molecule has 0 bridgehead atoms. The molecule has 0 heterocycles. The van der Waals surface area contributed by atoms with E-state index in [0.717, 1.165) is 12.1 Å². The fourth-order valence-corrected chi connectivity index (χ4v) is 1.74. The Morgan fingerprint density at radius 1 is 1.11 bits per heavy atom. The second kappa shape index (κ2) is 5.58. The van der Waals surface area contributed by atoms with Gasteiger partial charge in [-0.05, 0) is 30.2 Å². The van der Waals surface area contributed by atoms with Gasteiger partial charge >= 0.3 is 12.4 Å². The molecule has 1 rings (SSSR count). The Bertz CT molecular complexity index is 440. The third-order valence-electron chi connectivity index (χ3n) is 2.46. The molecule has 0 radical (unpaired) electrons. The van der Waals surface area contributed by atoms with Crippen molar-refractivity contribution >= 4 is 11.6 Å². The summed E-state index contributed by atoms with van der Waals surface area (Å²) >= 11 is 5.66. The van der Waals surface area contributed by atoms with E-state index >= 15 is 0 Å². The normalized spacial score (nSPS) is 14.5. The van der Waals surface area contributed by atoms with Crippen molar-refractivity contribution in [3.05, 3.63) is 34.3 Å². The first kappa shape index (κ1) is 16.1. The van der Waals surface area contributed by atoms with Crippen LogP contribution in [0.2, 0.25) is 5.02 Å². The monoisotopic (exact) mass is 305 g/mol. The maximum absolute atomic E-state index is 12.5. The Kier molecular flexibility index (Phi) is 4.73. The Morgan fingerprint density at radius 3 is 2.16 bits per heavy atom. The van der Waals surface area contributed by atoms with Gasteiger partial charge in [-0.2, -0.15) is 26.3 Å². The lowest BCUT2D eigenvalue weighted by atomic mass is 10.00. The molecule has 0 saturated heterocycles. The van der Waals surface area contributed by atoms with E-state index in [1.807, 2.05) is 0 Å². The molecule has 0 spiro atoms. The van der Waals surface area contributed by atoms with E-state index in [9.17, 15) is 26.3 Å². The summed E-state index contributed by atoms with van der Waals surface area (Å²) in [7, 11) is 0. The van der Waals surface area contributed by atoms with Crippen LogP contribution in [-0.4, -0.2) is 6.18 Å². The number of halogens is 7. The van der Waals surface area contributed by atoms with Crippen molar-refractivity contribution in [3.63, 3.8) is 0 Å². The van der Waals surface area contributed by atoms with Gasteiger partial charge < -0.3 is 5.73 Å². The number of nitrogens with two attached hydrogens (primary N) is 1. The van der Waals surface area contributed by atoms with Crippen LogP contribution in [-0.2, 0) is 6.18 Å². The van der Waals surface area contributed by atoms with Crippen molar-refractivity contribution < 1.29 is 26.3 Å². The van der Waals surface area contributed by atoms with Gasteiger partial charge in [0.2, 0.25) is 0 Å². The third-order valence-corrected chi connectivity index (χ3v) is 2.81. The van der Waals surface area contributed by atoms with Crippen molar-refractivity contribution in [2.45, 2.75) is 31.2 Å². The molecule has 0 amide bonds. The van der Waals surface area contributed by atoms with Crippen molar-refractivity contribution in [2.75, 3.05) is 0 Å². The quantitative estimate of drug-likeness (QED) is 0.805. The highest BCUT2D eigenvalue weighted by atomic mass is 35.5. The Hall–Kier alpha value is -0.950. The standard InChI is InChI=1S/C11H10ClF6N/c12-8-2-1-6(11(16,17)18)5-7(8)9(19)3-4-10(13,14)15/h1-2,5,9H,3-4,19H2/t9-/m0/s1. The van der Waals surface area contributed by atoms with Crippen molar-refractivity contribution in [2.24, 2.45) is 5.73 Å². The lowest BCUT2D eigenvalue weighted by Crippen LogP contribution is -2.17. The zero-order valence-corrected chi connectivity index (χ0v) is 10.2. The second-order valence-corrected chi connectivity index (χ2v) is 4.40. The van der Waals surface area contributed by atoms with E-state index < -0.39 is 36.8 Å². The lowest BCUT2D eigenvalue weighted by molar-refractivity contribution is -0.138. The van der Waals surface area contributed by atoms with Crippen LogP contribution < -0.4 is 5.73 Å². The first-order chi connectivity index (χ1) is 8.50. The summed E-state index contributed by atoms with van der Waals surface area (Å²) in [5.41, 5.74) is 4.33. The fraction of sp³-hybridized carbons (Fsp3) is 0.455. The van der Waals surface area contributed by atoms with Gasteiger partial charge in [-0.1, -0.05) is 11.6 Å². The van der Waals surface area contributed by atoms with Crippen LogP contribution in [0.3, 0.4) is 0 Å². The minimum Gasteiger partial charge on any atom is -0.324 e. The van der Waals surface area contributed by atoms with Crippen LogP contribution in [0.4, 0.5) is 26.3 Å². The number of benzene rings is 1. The zero-order valence-electron chi connectivity index (χ0n) is 9.45. The highest BCUT2D eigenvalue weighted by molar-refractivity contribution is 6.31. The van der Waals surface area contributed by atoms with Crippen molar-refractivity contribution in [1.29, 1.82) is 0 Å². The molecule has 0 unspecified atom stereocenters. The Balaban J connectivity index is 2.93. The number of hydrogen-bond acceptors (Lipinski definition) is 1. The average Bonchev–Trinajstić information content (AvgIpc) is 2.24. The van der Waals surface area contributed by atoms with E-state index in [1.54, 1.807) is 0 Å². The first-order valence-electron chi connectivity index (χ1n) is 5.19. The molecule has 0 aliphatic carbocycles. The number of rotatable bonds is 3. The maximum Gasteiger partial charge on any atom is 0.416 e. The van der Waals surface area contributed by atoms with Crippen LogP contribution >= 0.6 is 11.6 Å². The minimum atomic E-state index is -4.59. The van der Waals surface area contributed by atoms with Crippen LogP contribution in [0.1, 0.15) is 30.0 Å². The molecule has 0 aromatic heterocycles. The lowest BCUT2D eigenvalue weighted by Gasteiger charge is -2.17. The van der Waals surface area contributed by atoms with E-state index in [1.165, 1.54) is 0 Å². The third kappa shape index (κ3) is 4.91. The van der Waals surface area contributed by atoms with Gasteiger partial charge in [0.15, 0.2) is 0 Å². The first-order valence-corrected chi connectivity index (χ1v) is 5.57. The van der Waals surface area contributed by atoms with E-state index in [-0.39, 0.29) is 10.6 Å². The van der Waals surface area contributed by atoms with Gasteiger partial charge in [0.05, 0.1) is 5.56 Å². The van der Waals surface area contributed by atoms with E-state index in [4.69, 9.17) is 17.3 Å². The van der Waals surface area contributed by atoms with Crippen LogP contribution in [0, 0.1) is 0 Å². The minimum absolute atomic E-state index is 0.0809. The molecule has 0 fully saturated rings. The molecule has 8 heteroatoms. The van der Waals surface area contributed by atoms with Gasteiger partial charge in [0.1, 0.15) is 0 Å². The van der Waals surface area contributed by atoms with Gasteiger partial charge in [0.25, 0.3) is 0 Å². The molecular weight excluding hydrogens is 296 g/mol. The van der Waals surface area contributed by atoms with Crippen molar-refractivity contribution in [3.8, 4) is 0 Å². The molecule has 108 valence electrons. The van der Waals surface area contributed by atoms with Gasteiger partial charge in [0, 0.05) is 17.5 Å². The molecule has 2 N–H and O–H groups in total. The summed E-state index contributed by atoms with van der Waals surface area (Å²) in [4.78, 5) is 0. The number of hydrogen-bond donors (Lipinski definition) is 1. The fourth-order valence-electron chi connectivity index (χ4n) is 1.48. The predicted molar refractivity (Wildman–Crippen MR) is 58.7 cm³/mol. The van der Waals surface area contributed by atoms with Crippen LogP contribution in [0.15, 0.2) is 18.2 Å². The Morgan fingerprint density at radius 2 is 1.68 bits per heavy atom. The van der Waals surface area contributed by atoms with E-state index in [0.29, 0.717) is 6.07 Å². The zero-order chi connectivity index (χ0) is 14.8. The molecule has 19 heavy (non-hydrogen) atoms. The largest absolute Gasteiger partial charge is 0.416 e. The molecule has 0 saturated carbocycles. The molecule has 1 nitrogen and oxygen atoms in total. The second-order valence-electron chi connectivity index (χ2n) is 3.99. The summed E-state index contributed by atoms with van der Waals surface area (Å²) in [6, 6.07) is 1.22. The SMILES string of the molecule is N[C@@H](CCC(F)(F)F)c1cc(C(F)(F)F)ccc1Cl. The summed E-state index contributed by atoms with van der Waals surface area (Å²) in [6.07, 6.45) is -10.7. The Labute approximate surface area is 110 Å². The molecular formula is C11H10ClF6N. The van der Waals surface area contributed by atoms with Gasteiger partial charge in [-0.3, -0.25) is 0 Å². The summed E-state index contributed by atoms with van der Waals surface area (Å²) < 4.78 is 73.5. The summed E-state index contributed by atoms with van der Waals surface area (Å²) in [5.74, 6) is 0. The number of alkyl halides is 6. The molecule has 1 aromatic rings. The van der Waals surface area contributed by atoms with Crippen LogP contribution in [0.25, 0.3) is 0 Å². The van der Waals surface area contributed by atoms with E-state index in [2.05, 4.69) is 0 Å². The smallest absolute Gasteiger partial charge is 0.324 e. The average molecular weight is 306 g/mol. The van der Waals surface area contributed by atoms with Gasteiger partial charge in [-0.25, -0.2) is 0 Å². The maximum atomic E-state index is 12.5. The molecule has 1 atom stereocenters. The van der Waals surface area contributed by atoms with Crippen LogP contribution in [0.5, 0.6) is 0 Å². The van der Waals surface area contributed by atoms with Gasteiger partial charge in [-0.15, -0.1) is 0 Å². The molecule has 0 aliphatic heterocycles. The highest BCUT2D eigenvalue weighted by Crippen LogP contribution is 2.35. The summed E-state index contributed by atoms with van der Waals surface area (Å²) in [6.45, 7) is 0. The predicted octanol–water partition coefficient (Wildman–Crippen LogP) is 4.70. The molecule has 1 aromatic carbocycles. The van der Waals surface area contributed by atoms with Crippen molar-refractivity contribution in [1.82, 2.24) is 0 Å². The highest BCUT2D eigenvalue weighted by Gasteiger charge is 2.32. The summed E-state index contributed by atoms with van der Waals surface area (Å²) in [5, 5.41) is -0.0809. The topological polar surface area (TPSA) is 26.0 Å². The molecule has 0 aliphatic rings.